The van der Waals surface area contributed by atoms with Crippen molar-refractivity contribution in [3.05, 3.63) is 24.3 Å². The number of carbonyl (C=O) groups is 6. The monoisotopic (exact) mass is 995 g/mol. The molecule has 12 unspecified atom stereocenters. The van der Waals surface area contributed by atoms with Crippen molar-refractivity contribution in [2.24, 2.45) is 11.8 Å². The van der Waals surface area contributed by atoms with Gasteiger partial charge in [-0.3, -0.25) is 24.0 Å². The van der Waals surface area contributed by atoms with Crippen LogP contribution in [0.15, 0.2) is 24.3 Å². The van der Waals surface area contributed by atoms with E-state index in [-0.39, 0.29) is 105 Å². The topological polar surface area (TPSA) is 170 Å². The summed E-state index contributed by atoms with van der Waals surface area (Å²) in [7, 11) is 0. The molecule has 8 aliphatic rings. The summed E-state index contributed by atoms with van der Waals surface area (Å²) in [6.07, 6.45) is 37.1. The maximum absolute atomic E-state index is 12.6. The van der Waals surface area contributed by atoms with Crippen molar-refractivity contribution in [3.8, 4) is 0 Å². The number of carbonyl (C=O) groups excluding carboxylic acids is 6. The van der Waals surface area contributed by atoms with Gasteiger partial charge in [-0.2, -0.15) is 0 Å². The lowest BCUT2D eigenvalue weighted by Gasteiger charge is -2.37. The van der Waals surface area contributed by atoms with Crippen LogP contribution in [0.3, 0.4) is 0 Å². The van der Waals surface area contributed by atoms with E-state index >= 15 is 0 Å². The lowest BCUT2D eigenvalue weighted by Crippen LogP contribution is -2.45. The third-order valence-corrected chi connectivity index (χ3v) is 15.8. The van der Waals surface area contributed by atoms with Gasteiger partial charge in [0.25, 0.3) is 0 Å². The first-order valence-electron chi connectivity index (χ1n) is 28.1. The van der Waals surface area contributed by atoms with Gasteiger partial charge >= 0.3 is 11.9 Å². The standard InChI is InChI=1S/C29H44O6.C28H42O7.CH4/c1-2-3-4-5-6-7-8-9-10-11-12-13-14-15-21(30)16-23-17-22(31)19-29(34-23)20-26-27(35-29)24-18-25(24)28(32)33-26;1-2-23-24(32-23)13-11-9-7-5-3-4-6-8-10-12-20(29)16-22-17-21(30)18-28(34-22)19-26-25(35-28)14-15-27(31)33-26;/h3-4,23-27H,2,5-20H2,1H3;14-15,22-26H,2-13,16-19H2,1H3;1H4/b4-3+;;. The molecule has 6 saturated heterocycles. The first kappa shape index (κ1) is 57.2. The highest BCUT2D eigenvalue weighted by Gasteiger charge is 2.65. The van der Waals surface area contributed by atoms with Crippen molar-refractivity contribution in [2.45, 2.75) is 294 Å². The van der Waals surface area contributed by atoms with E-state index in [1.807, 2.05) is 0 Å². The molecule has 8 rings (SSSR count). The minimum atomic E-state index is -1.08. The number of hydrogen-bond acceptors (Lipinski definition) is 13. The summed E-state index contributed by atoms with van der Waals surface area (Å²) in [5.41, 5.74) is 0. The minimum absolute atomic E-state index is 0. The first-order chi connectivity index (χ1) is 34.0. The number of rotatable bonds is 30. The van der Waals surface area contributed by atoms with Crippen LogP contribution in [0, 0.1) is 11.8 Å². The minimum Gasteiger partial charge on any atom is -0.459 e. The summed E-state index contributed by atoms with van der Waals surface area (Å²) in [5.74, 6) is -2.04. The Morgan fingerprint density at radius 2 is 1.15 bits per heavy atom. The number of Topliss-reactive ketones (excluding diaryl/α,β-unsaturated/α-hetero) is 4. The molecule has 1 saturated carbocycles. The molecular weight excluding hydrogens is 905 g/mol. The van der Waals surface area contributed by atoms with E-state index in [1.54, 1.807) is 6.08 Å². The molecule has 0 N–H and O–H groups in total. The summed E-state index contributed by atoms with van der Waals surface area (Å²) in [4.78, 5) is 73.4. The van der Waals surface area contributed by atoms with Gasteiger partial charge in [0, 0.05) is 63.4 Å². The fourth-order valence-electron chi connectivity index (χ4n) is 11.9. The normalized spacial score (nSPS) is 33.2. The quantitative estimate of drug-likeness (QED) is 0.0288. The largest absolute Gasteiger partial charge is 0.459 e. The van der Waals surface area contributed by atoms with Crippen LogP contribution in [-0.4, -0.2) is 95.5 Å². The highest BCUT2D eigenvalue weighted by Crippen LogP contribution is 2.55. The second-order valence-electron chi connectivity index (χ2n) is 22.0. The summed E-state index contributed by atoms with van der Waals surface area (Å²) in [6.45, 7) is 4.37. The van der Waals surface area contributed by atoms with Crippen molar-refractivity contribution >= 4 is 35.1 Å². The molecule has 2 spiro atoms. The Morgan fingerprint density at radius 3 is 1.72 bits per heavy atom. The highest BCUT2D eigenvalue weighted by molar-refractivity contribution is 5.85. The average molecular weight is 995 g/mol. The van der Waals surface area contributed by atoms with Gasteiger partial charge in [0.15, 0.2) is 11.6 Å². The molecule has 13 heteroatoms. The van der Waals surface area contributed by atoms with Crippen molar-refractivity contribution in [2.75, 3.05) is 0 Å². The molecule has 7 fully saturated rings. The molecule has 7 aliphatic heterocycles. The number of fused-ring (bicyclic) bond motifs is 4. The fourth-order valence-corrected chi connectivity index (χ4v) is 11.9. The van der Waals surface area contributed by atoms with Gasteiger partial charge in [-0.05, 0) is 57.4 Å². The van der Waals surface area contributed by atoms with Gasteiger partial charge in [0.2, 0.25) is 0 Å². The van der Waals surface area contributed by atoms with Gasteiger partial charge in [0.1, 0.15) is 47.5 Å². The second kappa shape index (κ2) is 28.5. The van der Waals surface area contributed by atoms with Crippen molar-refractivity contribution in [3.63, 3.8) is 0 Å². The highest BCUT2D eigenvalue weighted by atomic mass is 16.7. The van der Waals surface area contributed by atoms with Crippen molar-refractivity contribution in [1.29, 1.82) is 0 Å². The maximum atomic E-state index is 12.6. The lowest BCUT2D eigenvalue weighted by molar-refractivity contribution is -0.264. The van der Waals surface area contributed by atoms with Crippen LogP contribution < -0.4 is 0 Å². The average Bonchev–Trinajstić information content (AvgIpc) is 4.22. The smallest absolute Gasteiger partial charge is 0.330 e. The number of esters is 2. The molecular formula is C58H90O13. The van der Waals surface area contributed by atoms with Crippen LogP contribution >= 0.6 is 0 Å². The van der Waals surface area contributed by atoms with E-state index in [1.165, 1.54) is 109 Å². The van der Waals surface area contributed by atoms with Gasteiger partial charge in [-0.15, -0.1) is 0 Å². The van der Waals surface area contributed by atoms with Crippen LogP contribution in [0.1, 0.15) is 233 Å². The Kier molecular flexibility index (Phi) is 23.0. The van der Waals surface area contributed by atoms with E-state index in [2.05, 4.69) is 26.0 Å². The fraction of sp³-hybridized carbons (Fsp3) is 0.828. The third-order valence-electron chi connectivity index (χ3n) is 15.8. The number of hydrogen-bond donors (Lipinski definition) is 0. The molecule has 1 aliphatic carbocycles. The molecule has 0 aromatic carbocycles. The van der Waals surface area contributed by atoms with E-state index in [0.29, 0.717) is 37.9 Å². The SMILES string of the molecule is C.CC/C=C/CCCCCCCCCCCC(=O)CC1CC(=O)CC2(CC3OC(=O)C4CC4C3O2)O1.CCC1OC1CCCCCCCCCCCC(=O)CC1CC(=O)CC2(CC3OC(=O)C=CC3O2)O1. The molecule has 7 heterocycles. The van der Waals surface area contributed by atoms with Gasteiger partial charge < -0.3 is 33.2 Å². The number of ether oxygens (including phenoxy) is 7. The summed E-state index contributed by atoms with van der Waals surface area (Å²) in [6, 6.07) is 0. The molecule has 0 radical (unpaired) electrons. The molecule has 12 atom stereocenters. The zero-order chi connectivity index (χ0) is 49.4. The van der Waals surface area contributed by atoms with E-state index in [0.717, 1.165) is 44.9 Å². The lowest BCUT2D eigenvalue weighted by atomic mass is 9.93. The van der Waals surface area contributed by atoms with Crippen LogP contribution in [0.2, 0.25) is 0 Å². The van der Waals surface area contributed by atoms with Crippen LogP contribution in [-0.2, 0) is 61.9 Å². The summed E-state index contributed by atoms with van der Waals surface area (Å²) >= 11 is 0. The molecule has 0 aromatic rings. The third kappa shape index (κ3) is 18.1. The Labute approximate surface area is 425 Å². The summed E-state index contributed by atoms with van der Waals surface area (Å²) in [5, 5.41) is 0. The van der Waals surface area contributed by atoms with Gasteiger partial charge in [-0.25, -0.2) is 4.79 Å². The van der Waals surface area contributed by atoms with Crippen molar-refractivity contribution in [1.82, 2.24) is 0 Å². The molecule has 13 nitrogen and oxygen atoms in total. The molecule has 400 valence electrons. The Bertz CT molecular complexity index is 1810. The van der Waals surface area contributed by atoms with Gasteiger partial charge in [0.05, 0.1) is 43.2 Å². The van der Waals surface area contributed by atoms with Crippen LogP contribution in [0.4, 0.5) is 0 Å². The molecule has 0 bridgehead atoms. The van der Waals surface area contributed by atoms with E-state index in [9.17, 15) is 28.8 Å². The molecule has 0 amide bonds. The molecule has 71 heavy (non-hydrogen) atoms. The van der Waals surface area contributed by atoms with E-state index in [4.69, 9.17) is 33.2 Å². The first-order valence-corrected chi connectivity index (χ1v) is 28.1. The predicted octanol–water partition coefficient (Wildman–Crippen LogP) is 11.8. The number of allylic oxidation sites excluding steroid dienone is 2. The molecule has 0 aromatic heterocycles. The second-order valence-corrected chi connectivity index (χ2v) is 22.0. The maximum Gasteiger partial charge on any atom is 0.330 e. The van der Waals surface area contributed by atoms with Crippen LogP contribution in [0.5, 0.6) is 0 Å². The van der Waals surface area contributed by atoms with Gasteiger partial charge in [-0.1, -0.05) is 130 Å². The number of epoxide rings is 1. The van der Waals surface area contributed by atoms with Crippen molar-refractivity contribution < 1.29 is 61.9 Å². The van der Waals surface area contributed by atoms with Crippen LogP contribution in [0.25, 0.3) is 0 Å². The Balaban J connectivity index is 0.000000229. The zero-order valence-corrected chi connectivity index (χ0v) is 42.7. The number of unbranched alkanes of at least 4 members (excludes halogenated alkanes) is 17. The Morgan fingerprint density at radius 1 is 0.620 bits per heavy atom. The van der Waals surface area contributed by atoms with E-state index < -0.39 is 35.9 Å². The zero-order valence-electron chi connectivity index (χ0n) is 42.7. The number of ketones is 4. The summed E-state index contributed by atoms with van der Waals surface area (Å²) < 4.78 is 41.0. The predicted molar refractivity (Wildman–Crippen MR) is 269 cm³/mol. The Hall–Kier alpha value is -3.10.